The van der Waals surface area contributed by atoms with Crippen molar-refractivity contribution in [3.63, 3.8) is 0 Å². The number of hydrogen-bond donors (Lipinski definition) is 1. The number of aliphatic hydroxyl groups is 1. The summed E-state index contributed by atoms with van der Waals surface area (Å²) in [5.74, 6) is -1.91. The lowest BCUT2D eigenvalue weighted by atomic mass is 9.78. The molecule has 0 bridgehead atoms. The van der Waals surface area contributed by atoms with E-state index < -0.39 is 18.0 Å². The van der Waals surface area contributed by atoms with Crippen LogP contribution < -0.4 is 9.84 Å². The monoisotopic (exact) mass is 408 g/mol. The molecule has 0 aliphatic carbocycles. The number of aryl methyl sites for hydroxylation is 1. The second-order valence-corrected chi connectivity index (χ2v) is 8.22. The fourth-order valence-electron chi connectivity index (χ4n) is 4.94. The van der Waals surface area contributed by atoms with E-state index >= 15 is 0 Å². The Morgan fingerprint density at radius 2 is 1.93 bits per heavy atom. The smallest absolute Gasteiger partial charge is 0.235 e. The molecule has 1 saturated heterocycles. The average Bonchev–Trinajstić information content (AvgIpc) is 2.95. The number of carbonyl (C=O) groups excluding carboxylic acids is 2. The largest absolute Gasteiger partial charge is 0.543 e. The van der Waals surface area contributed by atoms with Crippen LogP contribution in [0.3, 0.4) is 0 Å². The predicted octanol–water partition coefficient (Wildman–Crippen LogP) is 2.03. The minimum Gasteiger partial charge on any atom is -0.543 e. The van der Waals surface area contributed by atoms with E-state index in [1.165, 1.54) is 10.5 Å². The van der Waals surface area contributed by atoms with Crippen LogP contribution in [0.5, 0.6) is 5.75 Å². The number of hydrogen-bond acceptors (Lipinski definition) is 5. The highest BCUT2D eigenvalue weighted by atomic mass is 16.5. The average molecular weight is 408 g/mol. The van der Waals surface area contributed by atoms with E-state index in [0.29, 0.717) is 11.3 Å². The molecule has 30 heavy (non-hydrogen) atoms. The first-order valence-corrected chi connectivity index (χ1v) is 10.5. The van der Waals surface area contributed by atoms with Crippen molar-refractivity contribution in [2.24, 2.45) is 11.8 Å². The number of carboxylic acid groups (broad SMARTS) is 1. The maximum atomic E-state index is 12.4. The number of carboxylic acids is 1. The van der Waals surface area contributed by atoms with Gasteiger partial charge in [0, 0.05) is 11.3 Å². The van der Waals surface area contributed by atoms with Crippen molar-refractivity contribution in [3.05, 3.63) is 53.2 Å². The van der Waals surface area contributed by atoms with Crippen molar-refractivity contribution in [2.75, 3.05) is 6.61 Å². The van der Waals surface area contributed by atoms with Gasteiger partial charge in [-0.25, -0.2) is 0 Å². The van der Waals surface area contributed by atoms with E-state index in [2.05, 4.69) is 19.1 Å². The van der Waals surface area contributed by atoms with Gasteiger partial charge in [0.2, 0.25) is 5.91 Å². The van der Waals surface area contributed by atoms with Gasteiger partial charge in [-0.1, -0.05) is 50.6 Å². The normalized spacial score (nSPS) is 24.1. The van der Waals surface area contributed by atoms with E-state index in [-0.39, 0.29) is 30.2 Å². The zero-order valence-corrected chi connectivity index (χ0v) is 17.4. The topological polar surface area (TPSA) is 89.9 Å². The first-order valence-electron chi connectivity index (χ1n) is 10.5. The van der Waals surface area contributed by atoms with Crippen LogP contribution in [0.25, 0.3) is 10.8 Å². The lowest BCUT2D eigenvalue weighted by Crippen LogP contribution is -2.64. The highest BCUT2D eigenvalue weighted by Gasteiger charge is 2.58. The van der Waals surface area contributed by atoms with Gasteiger partial charge in [0.05, 0.1) is 29.7 Å². The molecule has 4 atom stereocenters. The molecule has 0 spiro atoms. The number of β-lactam (4-membered cyclic amide) rings is 1. The van der Waals surface area contributed by atoms with Crippen LogP contribution in [0.15, 0.2) is 47.7 Å². The fourth-order valence-corrected chi connectivity index (χ4v) is 4.94. The van der Waals surface area contributed by atoms with Gasteiger partial charge < -0.3 is 24.6 Å². The number of benzene rings is 2. The lowest BCUT2D eigenvalue weighted by molar-refractivity contribution is -0.301. The number of fused-ring (bicyclic) bond motifs is 2. The van der Waals surface area contributed by atoms with Crippen LogP contribution in [0.1, 0.15) is 32.8 Å². The highest BCUT2D eigenvalue weighted by molar-refractivity contribution is 5.99. The molecular weight excluding hydrogens is 382 g/mol. The van der Waals surface area contributed by atoms with Gasteiger partial charge in [-0.2, -0.15) is 0 Å². The van der Waals surface area contributed by atoms with Crippen LogP contribution in [-0.2, 0) is 16.0 Å². The quantitative estimate of drug-likeness (QED) is 0.708. The molecule has 0 radical (unpaired) electrons. The molecule has 6 nitrogen and oxygen atoms in total. The second kappa shape index (κ2) is 7.76. The van der Waals surface area contributed by atoms with Gasteiger partial charge in [0.25, 0.3) is 0 Å². The highest BCUT2D eigenvalue weighted by Crippen LogP contribution is 2.47. The Morgan fingerprint density at radius 3 is 2.60 bits per heavy atom. The molecular formula is C24H26NO5-. The third-order valence-corrected chi connectivity index (χ3v) is 6.38. The summed E-state index contributed by atoms with van der Waals surface area (Å²) < 4.78 is 6.09. The lowest BCUT2D eigenvalue weighted by Gasteiger charge is -2.47. The molecule has 0 aromatic heterocycles. The van der Waals surface area contributed by atoms with Crippen LogP contribution in [0.2, 0.25) is 0 Å². The molecule has 1 fully saturated rings. The minimum atomic E-state index is -1.39. The standard InChI is InChI=1S/C24H27NO5/c1-4-7-15-8-5-10-17-16(15)9-6-11-19(17)30-12-18-13(2)21-20(14(3)26)23(27)25(21)22(18)24(28)29/h5-6,8-11,13-14,20-21,26H,4,7,12H2,1-3H3,(H,28,29)/p-1/t13-,14+,20+,21+/m0/s1. The molecule has 0 saturated carbocycles. The number of rotatable bonds is 7. The number of aliphatic carboxylic acids is 1. The summed E-state index contributed by atoms with van der Waals surface area (Å²) in [6.07, 6.45) is 1.18. The van der Waals surface area contributed by atoms with Gasteiger partial charge >= 0.3 is 0 Å². The summed E-state index contributed by atoms with van der Waals surface area (Å²) in [4.78, 5) is 25.5. The molecule has 1 amide bonds. The van der Waals surface area contributed by atoms with E-state index in [1.54, 1.807) is 6.92 Å². The summed E-state index contributed by atoms with van der Waals surface area (Å²) in [6.45, 7) is 5.62. The zero-order valence-electron chi connectivity index (χ0n) is 17.4. The van der Waals surface area contributed by atoms with Crippen LogP contribution in [-0.4, -0.2) is 40.6 Å². The zero-order chi connectivity index (χ0) is 21.6. The molecule has 4 rings (SSSR count). The van der Waals surface area contributed by atoms with Crippen LogP contribution in [0, 0.1) is 11.8 Å². The summed E-state index contributed by atoms with van der Waals surface area (Å²) in [6, 6.07) is 11.6. The molecule has 2 aromatic carbocycles. The third kappa shape index (κ3) is 3.06. The summed E-state index contributed by atoms with van der Waals surface area (Å²) >= 11 is 0. The van der Waals surface area contributed by atoms with Gasteiger partial charge in [-0.15, -0.1) is 0 Å². The molecule has 0 unspecified atom stereocenters. The van der Waals surface area contributed by atoms with Gasteiger partial charge in [-0.3, -0.25) is 4.79 Å². The Balaban J connectivity index is 1.65. The number of nitrogens with zero attached hydrogens (tertiary/aromatic N) is 1. The van der Waals surface area contributed by atoms with E-state index in [9.17, 15) is 19.8 Å². The molecule has 2 aromatic rings. The Kier molecular flexibility index (Phi) is 5.28. The third-order valence-electron chi connectivity index (χ3n) is 6.38. The van der Waals surface area contributed by atoms with Crippen LogP contribution >= 0.6 is 0 Å². The Labute approximate surface area is 175 Å². The molecule has 158 valence electrons. The maximum absolute atomic E-state index is 12.4. The first-order chi connectivity index (χ1) is 14.4. The molecule has 2 heterocycles. The summed E-state index contributed by atoms with van der Waals surface area (Å²) in [5, 5.41) is 23.9. The van der Waals surface area contributed by atoms with Crippen molar-refractivity contribution < 1.29 is 24.5 Å². The molecule has 2 aliphatic rings. The second-order valence-electron chi connectivity index (χ2n) is 8.22. The first kappa shape index (κ1) is 20.4. The number of aliphatic hydroxyl groups excluding tert-OH is 1. The molecule has 1 N–H and O–H groups in total. The Bertz CT molecular complexity index is 1040. The van der Waals surface area contributed by atoms with Crippen molar-refractivity contribution >= 4 is 22.6 Å². The Hall–Kier alpha value is -2.86. The number of carbonyl (C=O) groups is 2. The SMILES string of the molecule is CCCc1cccc2c(OCC3=C(C(=O)[O-])N4C(=O)[C@H]([C@@H](C)O)[C@H]4[C@H]3C)cccc12. The maximum Gasteiger partial charge on any atom is 0.235 e. The molecule has 2 aliphatic heterocycles. The van der Waals surface area contributed by atoms with Gasteiger partial charge in [0.15, 0.2) is 0 Å². The van der Waals surface area contributed by atoms with E-state index in [0.717, 1.165) is 23.6 Å². The van der Waals surface area contributed by atoms with E-state index in [4.69, 9.17) is 4.74 Å². The fraction of sp³-hybridized carbons (Fsp3) is 0.417. The minimum absolute atomic E-state index is 0.0500. The van der Waals surface area contributed by atoms with E-state index in [1.807, 2.05) is 31.2 Å². The number of amides is 1. The number of ether oxygens (including phenoxy) is 1. The van der Waals surface area contributed by atoms with Crippen molar-refractivity contribution in [2.45, 2.75) is 45.8 Å². The van der Waals surface area contributed by atoms with Crippen molar-refractivity contribution in [1.29, 1.82) is 0 Å². The van der Waals surface area contributed by atoms with Crippen molar-refractivity contribution in [1.82, 2.24) is 4.90 Å². The summed E-state index contributed by atoms with van der Waals surface area (Å²) in [7, 11) is 0. The predicted molar refractivity (Wildman–Crippen MR) is 110 cm³/mol. The summed E-state index contributed by atoms with van der Waals surface area (Å²) in [5.41, 5.74) is 1.67. The van der Waals surface area contributed by atoms with Gasteiger partial charge in [-0.05, 0) is 35.9 Å². The van der Waals surface area contributed by atoms with Gasteiger partial charge in [0.1, 0.15) is 12.4 Å². The molecule has 6 heteroatoms. The van der Waals surface area contributed by atoms with Crippen molar-refractivity contribution in [3.8, 4) is 5.75 Å². The Morgan fingerprint density at radius 1 is 1.23 bits per heavy atom. The van der Waals surface area contributed by atoms with Crippen LogP contribution in [0.4, 0.5) is 0 Å².